The first-order chi connectivity index (χ1) is 7.18. The smallest absolute Gasteiger partial charge is 0.166 e. The summed E-state index contributed by atoms with van der Waals surface area (Å²) in [5.41, 5.74) is 11.7. The second kappa shape index (κ2) is 3.61. The monoisotopic (exact) mass is 206 g/mol. The van der Waals surface area contributed by atoms with Crippen molar-refractivity contribution < 1.29 is 4.39 Å². The Labute approximate surface area is 86.3 Å². The van der Waals surface area contributed by atoms with Crippen LogP contribution in [0, 0.1) is 5.82 Å². The maximum absolute atomic E-state index is 13.3. The first-order valence-corrected chi connectivity index (χ1v) is 4.48. The number of halogens is 1. The normalized spacial score (nSPS) is 10.5. The lowest BCUT2D eigenvalue weighted by atomic mass is 10.2. The summed E-state index contributed by atoms with van der Waals surface area (Å²) >= 11 is 0. The van der Waals surface area contributed by atoms with Gasteiger partial charge in [-0.3, -0.25) is 0 Å². The minimum absolute atomic E-state index is 0.260. The van der Waals surface area contributed by atoms with Gasteiger partial charge >= 0.3 is 0 Å². The zero-order valence-corrected chi connectivity index (χ0v) is 8.02. The summed E-state index contributed by atoms with van der Waals surface area (Å²) in [6, 6.07) is 6.52. The number of hydrogen-bond acceptors (Lipinski definition) is 3. The summed E-state index contributed by atoms with van der Waals surface area (Å²) in [5.74, 6) is 0.369. The highest BCUT2D eigenvalue weighted by molar-refractivity contribution is 5.53. The fourth-order valence-electron chi connectivity index (χ4n) is 1.34. The molecule has 0 spiro atoms. The van der Waals surface area contributed by atoms with Crippen LogP contribution in [0.3, 0.4) is 0 Å². The second-order valence-corrected chi connectivity index (χ2v) is 3.23. The topological polar surface area (TPSA) is 69.9 Å². The number of aromatic nitrogens is 2. The molecule has 0 radical (unpaired) electrons. The van der Waals surface area contributed by atoms with Gasteiger partial charge in [0.1, 0.15) is 11.6 Å². The molecule has 0 fully saturated rings. The van der Waals surface area contributed by atoms with Gasteiger partial charge in [-0.2, -0.15) is 0 Å². The molecular formula is C10H11FN4. The molecule has 15 heavy (non-hydrogen) atoms. The van der Waals surface area contributed by atoms with Crippen molar-refractivity contribution in [1.82, 2.24) is 9.55 Å². The third kappa shape index (κ3) is 1.76. The molecule has 1 heterocycles. The third-order valence-corrected chi connectivity index (χ3v) is 2.21. The van der Waals surface area contributed by atoms with Gasteiger partial charge in [-0.1, -0.05) is 18.2 Å². The minimum atomic E-state index is -0.260. The molecule has 4 nitrogen and oxygen atoms in total. The van der Waals surface area contributed by atoms with Crippen molar-refractivity contribution in [1.29, 1.82) is 0 Å². The summed E-state index contributed by atoms with van der Waals surface area (Å²) in [5, 5.41) is 0. The van der Waals surface area contributed by atoms with E-state index in [2.05, 4.69) is 4.98 Å². The van der Waals surface area contributed by atoms with Crippen LogP contribution < -0.4 is 11.5 Å². The number of nitrogen functional groups attached to an aromatic ring is 2. The Balaban J connectivity index is 2.30. The van der Waals surface area contributed by atoms with Gasteiger partial charge in [0.15, 0.2) is 5.82 Å². The van der Waals surface area contributed by atoms with Crippen LogP contribution in [0.5, 0.6) is 0 Å². The molecule has 78 valence electrons. The van der Waals surface area contributed by atoms with Crippen LogP contribution in [0.4, 0.5) is 16.0 Å². The van der Waals surface area contributed by atoms with E-state index in [0.717, 1.165) is 0 Å². The largest absolute Gasteiger partial charge is 0.382 e. The molecule has 0 aliphatic heterocycles. The van der Waals surface area contributed by atoms with Crippen LogP contribution in [0.15, 0.2) is 30.6 Å². The molecule has 5 heteroatoms. The highest BCUT2D eigenvalue weighted by Gasteiger charge is 2.06. The molecule has 1 aromatic carbocycles. The van der Waals surface area contributed by atoms with Crippen molar-refractivity contribution in [2.45, 2.75) is 6.54 Å². The van der Waals surface area contributed by atoms with Crippen LogP contribution in [0.25, 0.3) is 0 Å². The van der Waals surface area contributed by atoms with Gasteiger partial charge in [0, 0.05) is 5.56 Å². The van der Waals surface area contributed by atoms with Crippen molar-refractivity contribution in [3.05, 3.63) is 42.0 Å². The average Bonchev–Trinajstić information content (AvgIpc) is 2.53. The molecule has 1 aromatic heterocycles. The zero-order chi connectivity index (χ0) is 10.8. The summed E-state index contributed by atoms with van der Waals surface area (Å²) in [6.07, 6.45) is 1.50. The number of rotatable bonds is 2. The van der Waals surface area contributed by atoms with Gasteiger partial charge in [-0.05, 0) is 6.07 Å². The zero-order valence-electron chi connectivity index (χ0n) is 8.02. The van der Waals surface area contributed by atoms with Crippen molar-refractivity contribution >= 4 is 11.6 Å². The molecule has 0 saturated heterocycles. The molecule has 0 saturated carbocycles. The van der Waals surface area contributed by atoms with Gasteiger partial charge in [-0.15, -0.1) is 0 Å². The van der Waals surface area contributed by atoms with E-state index in [1.807, 2.05) is 0 Å². The Hall–Kier alpha value is -2.04. The molecule has 2 aromatic rings. The Bertz CT molecular complexity index is 478. The Kier molecular flexibility index (Phi) is 2.29. The SMILES string of the molecule is Nc1ncn(Cc2ccccc2F)c1N. The number of imidazole rings is 1. The fraction of sp³-hybridized carbons (Fsp3) is 0.100. The maximum atomic E-state index is 13.3. The average molecular weight is 206 g/mol. The molecule has 0 unspecified atom stereocenters. The van der Waals surface area contributed by atoms with Crippen LogP contribution in [0.1, 0.15) is 5.56 Å². The van der Waals surface area contributed by atoms with Gasteiger partial charge in [-0.25, -0.2) is 9.37 Å². The molecule has 0 aliphatic carbocycles. The summed E-state index contributed by atoms with van der Waals surface area (Å²) in [4.78, 5) is 3.84. The molecule has 2 rings (SSSR count). The molecule has 0 aliphatic rings. The first-order valence-electron chi connectivity index (χ1n) is 4.48. The van der Waals surface area contributed by atoms with Crippen molar-refractivity contribution in [3.63, 3.8) is 0 Å². The van der Waals surface area contributed by atoms with Gasteiger partial charge in [0.2, 0.25) is 0 Å². The lowest BCUT2D eigenvalue weighted by Gasteiger charge is -2.05. The van der Waals surface area contributed by atoms with Gasteiger partial charge < -0.3 is 16.0 Å². The number of benzene rings is 1. The van der Waals surface area contributed by atoms with E-state index in [1.165, 1.54) is 12.4 Å². The van der Waals surface area contributed by atoms with Crippen molar-refractivity contribution in [2.24, 2.45) is 0 Å². The highest BCUT2D eigenvalue weighted by Crippen LogP contribution is 2.15. The minimum Gasteiger partial charge on any atom is -0.382 e. The third-order valence-electron chi connectivity index (χ3n) is 2.21. The quantitative estimate of drug-likeness (QED) is 0.776. The lowest BCUT2D eigenvalue weighted by Crippen LogP contribution is -2.05. The van der Waals surface area contributed by atoms with Gasteiger partial charge in [0.05, 0.1) is 12.9 Å². The standard InChI is InChI=1S/C10H11FN4/c11-8-4-2-1-3-7(8)5-15-6-14-9(12)10(15)13/h1-4,6H,5,12-13H2. The number of hydrogen-bond donors (Lipinski definition) is 2. The summed E-state index contributed by atoms with van der Waals surface area (Å²) in [6.45, 7) is 0.336. The highest BCUT2D eigenvalue weighted by atomic mass is 19.1. The van der Waals surface area contributed by atoms with Crippen molar-refractivity contribution in [2.75, 3.05) is 11.5 Å². The molecule has 4 N–H and O–H groups in total. The summed E-state index contributed by atoms with van der Waals surface area (Å²) in [7, 11) is 0. The Morgan fingerprint density at radius 1 is 1.27 bits per heavy atom. The van der Waals surface area contributed by atoms with Crippen LogP contribution in [-0.4, -0.2) is 9.55 Å². The van der Waals surface area contributed by atoms with Crippen LogP contribution in [0.2, 0.25) is 0 Å². The molecule has 0 bridgehead atoms. The molecule has 0 amide bonds. The lowest BCUT2D eigenvalue weighted by molar-refractivity contribution is 0.600. The fourth-order valence-corrected chi connectivity index (χ4v) is 1.34. The van der Waals surface area contributed by atoms with Gasteiger partial charge in [0.25, 0.3) is 0 Å². The number of nitrogens with zero attached hydrogens (tertiary/aromatic N) is 2. The first kappa shape index (κ1) is 9.51. The van der Waals surface area contributed by atoms with E-state index >= 15 is 0 Å². The summed E-state index contributed by atoms with van der Waals surface area (Å²) < 4.78 is 14.9. The van der Waals surface area contributed by atoms with Crippen LogP contribution in [-0.2, 0) is 6.54 Å². The predicted molar refractivity (Wildman–Crippen MR) is 56.6 cm³/mol. The number of anilines is 2. The molecular weight excluding hydrogens is 195 g/mol. The Morgan fingerprint density at radius 3 is 2.60 bits per heavy atom. The Morgan fingerprint density at radius 2 is 2.00 bits per heavy atom. The van der Waals surface area contributed by atoms with E-state index in [0.29, 0.717) is 17.9 Å². The van der Waals surface area contributed by atoms with Crippen LogP contribution >= 0.6 is 0 Å². The van der Waals surface area contributed by atoms with E-state index in [4.69, 9.17) is 11.5 Å². The van der Waals surface area contributed by atoms with Crippen molar-refractivity contribution in [3.8, 4) is 0 Å². The number of nitrogens with two attached hydrogens (primary N) is 2. The van der Waals surface area contributed by atoms with E-state index < -0.39 is 0 Å². The van der Waals surface area contributed by atoms with E-state index in [-0.39, 0.29) is 11.6 Å². The maximum Gasteiger partial charge on any atom is 0.166 e. The molecule has 0 atom stereocenters. The predicted octanol–water partition coefficient (Wildman–Crippen LogP) is 1.23. The van der Waals surface area contributed by atoms with E-state index in [1.54, 1.807) is 22.8 Å². The van der Waals surface area contributed by atoms with E-state index in [9.17, 15) is 4.39 Å². The second-order valence-electron chi connectivity index (χ2n) is 3.23.